The summed E-state index contributed by atoms with van der Waals surface area (Å²) in [6.07, 6.45) is 0.127. The van der Waals surface area contributed by atoms with E-state index >= 15 is 0 Å². The number of nitrogens with one attached hydrogen (secondary N) is 2. The molecule has 1 aliphatic rings. The minimum absolute atomic E-state index is 0.0384. The van der Waals surface area contributed by atoms with Crippen molar-refractivity contribution in [1.82, 2.24) is 5.32 Å². The number of carbonyl (C=O) groups is 2. The van der Waals surface area contributed by atoms with Crippen molar-refractivity contribution in [1.29, 1.82) is 0 Å². The zero-order chi connectivity index (χ0) is 19.2. The first-order valence-electron chi connectivity index (χ1n) is 8.39. The topological polar surface area (TPSA) is 58.2 Å². The van der Waals surface area contributed by atoms with E-state index in [4.69, 9.17) is 11.6 Å². The number of carbonyl (C=O) groups excluding carboxylic acids is 2. The van der Waals surface area contributed by atoms with Gasteiger partial charge in [-0.3, -0.25) is 9.59 Å². The molecule has 1 saturated heterocycles. The molecule has 0 bridgehead atoms. The van der Waals surface area contributed by atoms with Crippen LogP contribution in [0, 0.1) is 5.82 Å². The van der Waals surface area contributed by atoms with Crippen molar-refractivity contribution in [2.24, 2.45) is 0 Å². The minimum atomic E-state index is -0.507. The number of hydrogen-bond acceptors (Lipinski definition) is 4. The lowest BCUT2D eigenvalue weighted by atomic mass is 10.2. The highest BCUT2D eigenvalue weighted by molar-refractivity contribution is 8.19. The lowest BCUT2D eigenvalue weighted by Crippen LogP contribution is -2.27. The van der Waals surface area contributed by atoms with Crippen molar-refractivity contribution < 1.29 is 14.0 Å². The van der Waals surface area contributed by atoms with Crippen molar-refractivity contribution in [2.75, 3.05) is 23.4 Å². The zero-order valence-corrected chi connectivity index (χ0v) is 16.7. The number of anilines is 1. The molecule has 1 heterocycles. The van der Waals surface area contributed by atoms with Crippen molar-refractivity contribution in [2.45, 2.75) is 11.0 Å². The van der Waals surface area contributed by atoms with Gasteiger partial charge in [0.15, 0.2) is 0 Å². The Morgan fingerprint density at radius 3 is 2.67 bits per heavy atom. The van der Waals surface area contributed by atoms with Crippen molar-refractivity contribution in [3.8, 4) is 0 Å². The number of hydrogen-bond donors (Lipinski definition) is 2. The van der Waals surface area contributed by atoms with Gasteiger partial charge in [-0.15, -0.1) is 23.5 Å². The smallest absolute Gasteiger partial charge is 0.252 e. The number of thioether (sulfide) groups is 2. The van der Waals surface area contributed by atoms with Crippen molar-refractivity contribution in [3.63, 3.8) is 0 Å². The Kier molecular flexibility index (Phi) is 7.04. The minimum Gasteiger partial charge on any atom is -0.351 e. The van der Waals surface area contributed by atoms with Gasteiger partial charge < -0.3 is 10.6 Å². The molecular formula is C19H18ClFN2O2S2. The second-order valence-corrected chi connectivity index (χ2v) is 9.01. The standard InChI is InChI=1S/C19H18ClFN2O2S2/c20-16-11-13(21)4-5-15(16)18(25)22-7-6-17(24)23-14-3-1-2-12(10-14)19-26-8-9-27-19/h1-5,10-11,19H,6-9H2,(H,22,25)(H,23,24). The third-order valence-electron chi connectivity index (χ3n) is 3.88. The van der Waals surface area contributed by atoms with Gasteiger partial charge in [0.25, 0.3) is 5.91 Å². The first kappa shape index (κ1) is 20.0. The van der Waals surface area contributed by atoms with E-state index in [0.717, 1.165) is 23.3 Å². The van der Waals surface area contributed by atoms with Gasteiger partial charge in [0.1, 0.15) is 5.82 Å². The molecule has 1 fully saturated rings. The second kappa shape index (κ2) is 9.48. The monoisotopic (exact) mass is 424 g/mol. The highest BCUT2D eigenvalue weighted by Gasteiger charge is 2.18. The van der Waals surface area contributed by atoms with E-state index in [-0.39, 0.29) is 29.5 Å². The Labute approximate surface area is 170 Å². The number of rotatable bonds is 6. The van der Waals surface area contributed by atoms with Gasteiger partial charge in [0, 0.05) is 30.2 Å². The van der Waals surface area contributed by atoms with E-state index in [2.05, 4.69) is 16.7 Å². The summed E-state index contributed by atoms with van der Waals surface area (Å²) in [5.41, 5.74) is 2.12. The molecule has 0 spiro atoms. The van der Waals surface area contributed by atoms with Gasteiger partial charge in [-0.1, -0.05) is 23.7 Å². The summed E-state index contributed by atoms with van der Waals surface area (Å²) in [5.74, 6) is 1.15. The summed E-state index contributed by atoms with van der Waals surface area (Å²) in [5, 5.41) is 5.51. The largest absolute Gasteiger partial charge is 0.351 e. The lowest BCUT2D eigenvalue weighted by molar-refractivity contribution is -0.116. The second-order valence-electron chi connectivity index (χ2n) is 5.88. The summed E-state index contributed by atoms with van der Waals surface area (Å²) in [7, 11) is 0. The van der Waals surface area contributed by atoms with Gasteiger partial charge in [-0.2, -0.15) is 0 Å². The molecule has 0 radical (unpaired) electrons. The molecule has 0 aromatic heterocycles. The lowest BCUT2D eigenvalue weighted by Gasteiger charge is -2.11. The van der Waals surface area contributed by atoms with E-state index in [9.17, 15) is 14.0 Å². The molecule has 2 aromatic rings. The fourth-order valence-corrected chi connectivity index (χ4v) is 5.69. The van der Waals surface area contributed by atoms with E-state index < -0.39 is 11.7 Å². The Bertz CT molecular complexity index is 844. The fraction of sp³-hybridized carbons (Fsp3) is 0.263. The molecule has 0 unspecified atom stereocenters. The first-order valence-corrected chi connectivity index (χ1v) is 10.9. The van der Waals surface area contributed by atoms with Crippen molar-refractivity contribution >= 4 is 52.6 Å². The van der Waals surface area contributed by atoms with Crippen LogP contribution in [0.4, 0.5) is 10.1 Å². The maximum Gasteiger partial charge on any atom is 0.252 e. The third-order valence-corrected chi connectivity index (χ3v) is 7.29. The van der Waals surface area contributed by atoms with Crippen LogP contribution in [0.2, 0.25) is 5.02 Å². The van der Waals surface area contributed by atoms with E-state index in [1.54, 1.807) is 0 Å². The van der Waals surface area contributed by atoms with Crippen LogP contribution in [0.15, 0.2) is 42.5 Å². The number of amides is 2. The average molecular weight is 425 g/mol. The maximum atomic E-state index is 13.0. The van der Waals surface area contributed by atoms with E-state index in [0.29, 0.717) is 4.58 Å². The van der Waals surface area contributed by atoms with E-state index in [1.165, 1.54) is 17.7 Å². The molecule has 2 N–H and O–H groups in total. The molecule has 0 saturated carbocycles. The van der Waals surface area contributed by atoms with Gasteiger partial charge in [-0.25, -0.2) is 4.39 Å². The molecule has 142 valence electrons. The molecule has 27 heavy (non-hydrogen) atoms. The van der Waals surface area contributed by atoms with Crippen LogP contribution in [0.25, 0.3) is 0 Å². The molecule has 2 aromatic carbocycles. The summed E-state index contributed by atoms with van der Waals surface area (Å²) in [6, 6.07) is 11.4. The van der Waals surface area contributed by atoms with E-state index in [1.807, 2.05) is 41.7 Å². The van der Waals surface area contributed by atoms with Gasteiger partial charge >= 0.3 is 0 Å². The highest BCUT2D eigenvalue weighted by atomic mass is 35.5. The van der Waals surface area contributed by atoms with Crippen molar-refractivity contribution in [3.05, 3.63) is 64.4 Å². The maximum absolute atomic E-state index is 13.0. The van der Waals surface area contributed by atoms with Gasteiger partial charge in [0.05, 0.1) is 15.2 Å². The fourth-order valence-electron chi connectivity index (χ4n) is 2.60. The Hall–Kier alpha value is -1.70. The highest BCUT2D eigenvalue weighted by Crippen LogP contribution is 2.45. The quantitative estimate of drug-likeness (QED) is 0.704. The van der Waals surface area contributed by atoms with Crippen LogP contribution in [0.3, 0.4) is 0 Å². The SMILES string of the molecule is O=C(CCNC(=O)c1ccc(F)cc1Cl)Nc1cccc(C2SCCS2)c1. The Morgan fingerprint density at radius 1 is 1.15 bits per heavy atom. The Balaban J connectivity index is 1.48. The van der Waals surface area contributed by atoms with Gasteiger partial charge in [0.2, 0.25) is 5.91 Å². The third kappa shape index (κ3) is 5.64. The molecular weight excluding hydrogens is 407 g/mol. The molecule has 2 amide bonds. The summed E-state index contributed by atoms with van der Waals surface area (Å²) < 4.78 is 13.4. The summed E-state index contributed by atoms with van der Waals surface area (Å²) in [4.78, 5) is 24.2. The molecule has 1 aliphatic heterocycles. The predicted molar refractivity (Wildman–Crippen MR) is 111 cm³/mol. The molecule has 8 heteroatoms. The molecule has 0 aliphatic carbocycles. The van der Waals surface area contributed by atoms with Crippen LogP contribution in [-0.2, 0) is 4.79 Å². The number of halogens is 2. The van der Waals surface area contributed by atoms with Crippen LogP contribution < -0.4 is 10.6 Å². The predicted octanol–water partition coefficient (Wildman–Crippen LogP) is 4.72. The van der Waals surface area contributed by atoms with Gasteiger partial charge in [-0.05, 0) is 35.9 Å². The van der Waals surface area contributed by atoms with Crippen LogP contribution in [0.1, 0.15) is 26.9 Å². The van der Waals surface area contributed by atoms with Crippen LogP contribution >= 0.6 is 35.1 Å². The number of benzene rings is 2. The first-order chi connectivity index (χ1) is 13.0. The average Bonchev–Trinajstić information content (AvgIpc) is 3.16. The summed E-state index contributed by atoms with van der Waals surface area (Å²) in [6.45, 7) is 0.159. The zero-order valence-electron chi connectivity index (χ0n) is 14.3. The normalized spacial score (nSPS) is 14.1. The van der Waals surface area contributed by atoms with Crippen LogP contribution in [0.5, 0.6) is 0 Å². The molecule has 0 atom stereocenters. The molecule has 3 rings (SSSR count). The molecule has 4 nitrogen and oxygen atoms in total. The summed E-state index contributed by atoms with van der Waals surface area (Å²) >= 11 is 9.68. The Morgan fingerprint density at radius 2 is 1.93 bits per heavy atom. The van der Waals surface area contributed by atoms with Crippen LogP contribution in [-0.4, -0.2) is 29.9 Å².